The fraction of sp³-hybridized carbons (Fsp3) is 0.887. The summed E-state index contributed by atoms with van der Waals surface area (Å²) in [5.41, 5.74) is 0. The number of esters is 2. The molecule has 0 unspecified atom stereocenters. The van der Waals surface area contributed by atoms with Crippen molar-refractivity contribution in [2.75, 3.05) is 19.8 Å². The van der Waals surface area contributed by atoms with E-state index in [1.54, 1.807) is 0 Å². The molecule has 0 heterocycles. The molecule has 5 nitrogen and oxygen atoms in total. The molecular weight excluding hydrogens is 717 g/mol. The van der Waals surface area contributed by atoms with Crippen LogP contribution in [0, 0.1) is 0 Å². The van der Waals surface area contributed by atoms with Crippen LogP contribution in [0.25, 0.3) is 0 Å². The van der Waals surface area contributed by atoms with Gasteiger partial charge >= 0.3 is 11.9 Å². The highest BCUT2D eigenvalue weighted by Gasteiger charge is 2.17. The Labute approximate surface area is 362 Å². The molecule has 0 radical (unpaired) electrons. The van der Waals surface area contributed by atoms with Gasteiger partial charge in [-0.15, -0.1) is 0 Å². The highest BCUT2D eigenvalue weighted by molar-refractivity contribution is 5.70. The minimum absolute atomic E-state index is 0.0858. The van der Waals surface area contributed by atoms with Crippen LogP contribution in [-0.4, -0.2) is 37.9 Å². The van der Waals surface area contributed by atoms with E-state index in [0.717, 1.165) is 44.9 Å². The predicted octanol–water partition coefficient (Wildman–Crippen LogP) is 17.2. The fourth-order valence-electron chi connectivity index (χ4n) is 7.55. The summed E-state index contributed by atoms with van der Waals surface area (Å²) in [6.45, 7) is 7.82. The topological polar surface area (TPSA) is 61.8 Å². The monoisotopic (exact) mass is 817 g/mol. The number of hydrogen-bond donors (Lipinski definition) is 0. The Hall–Kier alpha value is -1.62. The molecule has 0 aromatic heterocycles. The molecule has 0 saturated carbocycles. The molecule has 0 fully saturated rings. The summed E-state index contributed by atoms with van der Waals surface area (Å²) in [5, 5.41) is 0. The molecule has 0 aromatic rings. The summed E-state index contributed by atoms with van der Waals surface area (Å²) in [6.07, 6.45) is 57.5. The summed E-state index contributed by atoms with van der Waals surface area (Å²) in [4.78, 5) is 25.3. The second-order valence-electron chi connectivity index (χ2n) is 17.4. The molecule has 0 spiro atoms. The first-order valence-electron chi connectivity index (χ1n) is 25.9. The van der Waals surface area contributed by atoms with Crippen molar-refractivity contribution in [3.05, 3.63) is 24.3 Å². The maximum Gasteiger partial charge on any atom is 0.306 e. The molecule has 0 aliphatic heterocycles. The van der Waals surface area contributed by atoms with Crippen LogP contribution in [-0.2, 0) is 23.8 Å². The van der Waals surface area contributed by atoms with Crippen LogP contribution in [0.15, 0.2) is 24.3 Å². The number of unbranched alkanes of at least 4 members (excludes halogenated alkanes) is 33. The van der Waals surface area contributed by atoms with E-state index in [9.17, 15) is 9.59 Å². The Morgan fingerprint density at radius 2 is 0.690 bits per heavy atom. The highest BCUT2D eigenvalue weighted by Crippen LogP contribution is 2.15. The molecule has 0 rings (SSSR count). The summed E-state index contributed by atoms with van der Waals surface area (Å²) in [5.74, 6) is -0.398. The van der Waals surface area contributed by atoms with E-state index < -0.39 is 6.10 Å². The zero-order chi connectivity index (χ0) is 42.1. The molecule has 0 N–H and O–H groups in total. The van der Waals surface area contributed by atoms with Gasteiger partial charge in [-0.05, 0) is 64.2 Å². The molecule has 0 aliphatic carbocycles. The quantitative estimate of drug-likeness (QED) is 0.0348. The Balaban J connectivity index is 4.20. The van der Waals surface area contributed by atoms with Gasteiger partial charge in [0.2, 0.25) is 0 Å². The fourth-order valence-corrected chi connectivity index (χ4v) is 7.55. The number of hydrogen-bond acceptors (Lipinski definition) is 5. The normalized spacial score (nSPS) is 12.3. The van der Waals surface area contributed by atoms with Gasteiger partial charge in [0.1, 0.15) is 6.61 Å². The average molecular weight is 817 g/mol. The lowest BCUT2D eigenvalue weighted by Crippen LogP contribution is -2.30. The Kier molecular flexibility index (Phi) is 48.4. The summed E-state index contributed by atoms with van der Waals surface area (Å²) < 4.78 is 17.4. The van der Waals surface area contributed by atoms with Crippen LogP contribution < -0.4 is 0 Å². The second kappa shape index (κ2) is 49.7. The summed E-state index contributed by atoms with van der Waals surface area (Å²) in [6, 6.07) is 0. The lowest BCUT2D eigenvalue weighted by molar-refractivity contribution is -0.163. The van der Waals surface area contributed by atoms with Crippen molar-refractivity contribution >= 4 is 11.9 Å². The summed E-state index contributed by atoms with van der Waals surface area (Å²) >= 11 is 0. The van der Waals surface area contributed by atoms with Crippen molar-refractivity contribution < 1.29 is 23.8 Å². The van der Waals surface area contributed by atoms with Crippen molar-refractivity contribution in [2.24, 2.45) is 0 Å². The van der Waals surface area contributed by atoms with Gasteiger partial charge < -0.3 is 14.2 Å². The third-order valence-electron chi connectivity index (χ3n) is 11.5. The SMILES string of the molecule is CCCC/C=C\CCCCCCCC(=O)O[C@H](COCCCCCCCCCCCCCCCCCC)COC(=O)CCCCCCCCC/C=C\CCCCCC. The van der Waals surface area contributed by atoms with Gasteiger partial charge in [0.25, 0.3) is 0 Å². The molecule has 0 aromatic carbocycles. The third kappa shape index (κ3) is 47.1. The van der Waals surface area contributed by atoms with Gasteiger partial charge in [0.15, 0.2) is 6.10 Å². The average Bonchev–Trinajstić information content (AvgIpc) is 3.22. The van der Waals surface area contributed by atoms with Gasteiger partial charge in [0.05, 0.1) is 6.61 Å². The lowest BCUT2D eigenvalue weighted by Gasteiger charge is -2.18. The highest BCUT2D eigenvalue weighted by atomic mass is 16.6. The molecule has 58 heavy (non-hydrogen) atoms. The first kappa shape index (κ1) is 56.4. The molecule has 0 saturated heterocycles. The van der Waals surface area contributed by atoms with Crippen LogP contribution in [0.2, 0.25) is 0 Å². The van der Waals surface area contributed by atoms with Crippen molar-refractivity contribution in [1.82, 2.24) is 0 Å². The number of carbonyl (C=O) groups excluding carboxylic acids is 2. The Morgan fingerprint density at radius 1 is 0.362 bits per heavy atom. The number of rotatable bonds is 48. The van der Waals surface area contributed by atoms with Crippen molar-refractivity contribution in [3.63, 3.8) is 0 Å². The molecular formula is C53H100O5. The van der Waals surface area contributed by atoms with E-state index in [-0.39, 0.29) is 25.2 Å². The second-order valence-corrected chi connectivity index (χ2v) is 17.4. The van der Waals surface area contributed by atoms with E-state index >= 15 is 0 Å². The molecule has 342 valence electrons. The van der Waals surface area contributed by atoms with E-state index in [2.05, 4.69) is 45.1 Å². The molecule has 5 heteroatoms. The lowest BCUT2D eigenvalue weighted by atomic mass is 10.0. The van der Waals surface area contributed by atoms with Crippen molar-refractivity contribution in [2.45, 2.75) is 284 Å². The van der Waals surface area contributed by atoms with Crippen LogP contribution in [0.5, 0.6) is 0 Å². The van der Waals surface area contributed by atoms with Crippen molar-refractivity contribution in [3.8, 4) is 0 Å². The Morgan fingerprint density at radius 3 is 1.12 bits per heavy atom. The van der Waals surface area contributed by atoms with Gasteiger partial charge in [-0.1, -0.05) is 225 Å². The number of allylic oxidation sites excluding steroid dienone is 4. The summed E-state index contributed by atoms with van der Waals surface area (Å²) in [7, 11) is 0. The van der Waals surface area contributed by atoms with Crippen LogP contribution >= 0.6 is 0 Å². The standard InChI is InChI=1S/C53H100O5/c1-4-7-10-13-16-19-22-24-26-28-30-33-36-39-42-45-48-56-49-51(58-53(55)47-44-41-38-35-31-21-18-15-12-9-6-3)50-57-52(54)46-43-40-37-34-32-29-27-25-23-20-17-14-11-8-5-2/h15,18,20,23,51H,4-14,16-17,19,21-22,24-50H2,1-3H3/b18-15-,23-20-/t51-/m1/s1. The van der Waals surface area contributed by atoms with Crippen LogP contribution in [0.4, 0.5) is 0 Å². The molecule has 0 bridgehead atoms. The Bertz CT molecular complexity index is 882. The van der Waals surface area contributed by atoms with Crippen LogP contribution in [0.1, 0.15) is 278 Å². The zero-order valence-electron chi connectivity index (χ0n) is 39.3. The van der Waals surface area contributed by atoms with Crippen molar-refractivity contribution in [1.29, 1.82) is 0 Å². The zero-order valence-corrected chi connectivity index (χ0v) is 39.3. The first-order valence-corrected chi connectivity index (χ1v) is 25.9. The van der Waals surface area contributed by atoms with Crippen LogP contribution in [0.3, 0.4) is 0 Å². The van der Waals surface area contributed by atoms with Gasteiger partial charge in [0, 0.05) is 19.4 Å². The molecule has 1 atom stereocenters. The number of ether oxygens (including phenoxy) is 3. The molecule has 0 amide bonds. The minimum atomic E-state index is -0.534. The largest absolute Gasteiger partial charge is 0.462 e. The van der Waals surface area contributed by atoms with E-state index in [1.807, 2.05) is 0 Å². The first-order chi connectivity index (χ1) is 28.6. The molecule has 0 aliphatic rings. The predicted molar refractivity (Wildman–Crippen MR) is 252 cm³/mol. The van der Waals surface area contributed by atoms with E-state index in [0.29, 0.717) is 19.4 Å². The van der Waals surface area contributed by atoms with Gasteiger partial charge in [-0.25, -0.2) is 0 Å². The van der Waals surface area contributed by atoms with Gasteiger partial charge in [-0.2, -0.15) is 0 Å². The maximum absolute atomic E-state index is 12.7. The van der Waals surface area contributed by atoms with Gasteiger partial charge in [-0.3, -0.25) is 9.59 Å². The smallest absolute Gasteiger partial charge is 0.306 e. The third-order valence-corrected chi connectivity index (χ3v) is 11.5. The van der Waals surface area contributed by atoms with E-state index in [4.69, 9.17) is 14.2 Å². The van der Waals surface area contributed by atoms with E-state index in [1.165, 1.54) is 199 Å². The maximum atomic E-state index is 12.7. The number of carbonyl (C=O) groups is 2. The minimum Gasteiger partial charge on any atom is -0.462 e.